The van der Waals surface area contributed by atoms with Gasteiger partial charge in [-0.05, 0) is 24.9 Å². The van der Waals surface area contributed by atoms with Crippen molar-refractivity contribution in [2.45, 2.75) is 44.2 Å². The minimum atomic E-state index is -1.33. The average molecular weight is 276 g/mol. The van der Waals surface area contributed by atoms with Gasteiger partial charge in [0.2, 0.25) is 0 Å². The SMILES string of the molecule is CCN(CC(N)(C(=O)O)c1ccccc1)C1CCCC1. The second-order valence-electron chi connectivity index (χ2n) is 5.64. The summed E-state index contributed by atoms with van der Waals surface area (Å²) < 4.78 is 0. The summed E-state index contributed by atoms with van der Waals surface area (Å²) in [6.07, 6.45) is 4.77. The van der Waals surface area contributed by atoms with E-state index in [0.717, 1.165) is 19.4 Å². The van der Waals surface area contributed by atoms with Crippen LogP contribution >= 0.6 is 0 Å². The molecule has 1 aliphatic carbocycles. The Morgan fingerprint density at radius 3 is 2.45 bits per heavy atom. The van der Waals surface area contributed by atoms with Gasteiger partial charge in [-0.25, -0.2) is 4.79 Å². The molecule has 0 amide bonds. The number of carbonyl (C=O) groups is 1. The minimum Gasteiger partial charge on any atom is -0.480 e. The van der Waals surface area contributed by atoms with Crippen LogP contribution in [0.4, 0.5) is 0 Å². The van der Waals surface area contributed by atoms with Crippen molar-refractivity contribution in [3.8, 4) is 0 Å². The number of nitrogens with two attached hydrogens (primary N) is 1. The van der Waals surface area contributed by atoms with Gasteiger partial charge >= 0.3 is 5.97 Å². The maximum absolute atomic E-state index is 11.7. The lowest BCUT2D eigenvalue weighted by Crippen LogP contribution is -2.55. The third-order valence-electron chi connectivity index (χ3n) is 4.37. The molecule has 1 unspecified atom stereocenters. The highest BCUT2D eigenvalue weighted by Gasteiger charge is 2.39. The van der Waals surface area contributed by atoms with Crippen LogP contribution in [0.15, 0.2) is 30.3 Å². The Labute approximate surface area is 120 Å². The normalized spacial score (nSPS) is 19.1. The molecule has 0 bridgehead atoms. The van der Waals surface area contributed by atoms with E-state index >= 15 is 0 Å². The van der Waals surface area contributed by atoms with Crippen LogP contribution in [0.5, 0.6) is 0 Å². The summed E-state index contributed by atoms with van der Waals surface area (Å²) in [5, 5.41) is 9.62. The predicted octanol–water partition coefficient (Wildman–Crippen LogP) is 2.19. The molecule has 1 aromatic carbocycles. The van der Waals surface area contributed by atoms with E-state index in [0.29, 0.717) is 18.2 Å². The van der Waals surface area contributed by atoms with Gasteiger partial charge in [-0.2, -0.15) is 0 Å². The third kappa shape index (κ3) is 3.02. The van der Waals surface area contributed by atoms with Crippen molar-refractivity contribution in [2.75, 3.05) is 13.1 Å². The topological polar surface area (TPSA) is 66.6 Å². The summed E-state index contributed by atoms with van der Waals surface area (Å²) >= 11 is 0. The molecule has 20 heavy (non-hydrogen) atoms. The van der Waals surface area contributed by atoms with Crippen LogP contribution in [0, 0.1) is 0 Å². The summed E-state index contributed by atoms with van der Waals surface area (Å²) in [6.45, 7) is 3.28. The van der Waals surface area contributed by atoms with E-state index in [-0.39, 0.29) is 0 Å². The Morgan fingerprint density at radius 1 is 1.35 bits per heavy atom. The molecule has 1 saturated carbocycles. The van der Waals surface area contributed by atoms with E-state index in [9.17, 15) is 9.90 Å². The molecule has 4 nitrogen and oxygen atoms in total. The van der Waals surface area contributed by atoms with Crippen molar-refractivity contribution in [2.24, 2.45) is 5.73 Å². The number of carboxylic acids is 1. The molecule has 0 radical (unpaired) electrons. The molecule has 4 heteroatoms. The van der Waals surface area contributed by atoms with Crippen molar-refractivity contribution in [1.29, 1.82) is 0 Å². The lowest BCUT2D eigenvalue weighted by atomic mass is 9.89. The van der Waals surface area contributed by atoms with E-state index in [2.05, 4.69) is 11.8 Å². The summed E-state index contributed by atoms with van der Waals surface area (Å²) in [7, 11) is 0. The van der Waals surface area contributed by atoms with Gasteiger partial charge in [-0.3, -0.25) is 4.90 Å². The Hall–Kier alpha value is -1.39. The number of likely N-dealkylation sites (N-methyl/N-ethyl adjacent to an activating group) is 1. The summed E-state index contributed by atoms with van der Waals surface area (Å²) in [5.74, 6) is -0.958. The quantitative estimate of drug-likeness (QED) is 0.836. The van der Waals surface area contributed by atoms with Crippen molar-refractivity contribution in [1.82, 2.24) is 4.90 Å². The molecule has 0 spiro atoms. The fourth-order valence-corrected chi connectivity index (χ4v) is 3.11. The maximum Gasteiger partial charge on any atom is 0.329 e. The molecule has 1 fully saturated rings. The highest BCUT2D eigenvalue weighted by molar-refractivity contribution is 5.80. The summed E-state index contributed by atoms with van der Waals surface area (Å²) in [5.41, 5.74) is 5.60. The fourth-order valence-electron chi connectivity index (χ4n) is 3.11. The van der Waals surface area contributed by atoms with Gasteiger partial charge in [0.25, 0.3) is 0 Å². The fraction of sp³-hybridized carbons (Fsp3) is 0.562. The molecule has 0 heterocycles. The molecule has 1 aromatic rings. The molecule has 0 aromatic heterocycles. The number of benzene rings is 1. The number of nitrogens with zero attached hydrogens (tertiary/aromatic N) is 1. The van der Waals surface area contributed by atoms with Crippen LogP contribution in [-0.2, 0) is 10.3 Å². The lowest BCUT2D eigenvalue weighted by Gasteiger charge is -2.35. The molecule has 3 N–H and O–H groups in total. The summed E-state index contributed by atoms with van der Waals surface area (Å²) in [6, 6.07) is 9.64. The van der Waals surface area contributed by atoms with Crippen molar-refractivity contribution in [3.63, 3.8) is 0 Å². The number of carboxylic acid groups (broad SMARTS) is 1. The molecule has 110 valence electrons. The number of hydrogen-bond acceptors (Lipinski definition) is 3. The van der Waals surface area contributed by atoms with Crippen LogP contribution in [-0.4, -0.2) is 35.1 Å². The Bertz CT molecular complexity index is 443. The lowest BCUT2D eigenvalue weighted by molar-refractivity contribution is -0.144. The number of hydrogen-bond donors (Lipinski definition) is 2. The van der Waals surface area contributed by atoms with Crippen LogP contribution in [0.3, 0.4) is 0 Å². The van der Waals surface area contributed by atoms with Crippen LogP contribution in [0.25, 0.3) is 0 Å². The highest BCUT2D eigenvalue weighted by atomic mass is 16.4. The highest BCUT2D eigenvalue weighted by Crippen LogP contribution is 2.27. The molecular weight excluding hydrogens is 252 g/mol. The van der Waals surface area contributed by atoms with Crippen LogP contribution < -0.4 is 5.73 Å². The van der Waals surface area contributed by atoms with Gasteiger partial charge in [0.15, 0.2) is 5.54 Å². The van der Waals surface area contributed by atoms with E-state index in [4.69, 9.17) is 5.73 Å². The Kier molecular flexibility index (Phi) is 4.78. The van der Waals surface area contributed by atoms with Crippen molar-refractivity contribution in [3.05, 3.63) is 35.9 Å². The third-order valence-corrected chi connectivity index (χ3v) is 4.37. The second kappa shape index (κ2) is 6.37. The van der Waals surface area contributed by atoms with Crippen LogP contribution in [0.2, 0.25) is 0 Å². The smallest absolute Gasteiger partial charge is 0.329 e. The Balaban J connectivity index is 2.22. The zero-order chi connectivity index (χ0) is 14.6. The first-order valence-electron chi connectivity index (χ1n) is 7.39. The Morgan fingerprint density at radius 2 is 1.95 bits per heavy atom. The summed E-state index contributed by atoms with van der Waals surface area (Å²) in [4.78, 5) is 14.0. The van der Waals surface area contributed by atoms with Gasteiger partial charge in [-0.1, -0.05) is 50.1 Å². The number of aliphatic carboxylic acids is 1. The first-order chi connectivity index (χ1) is 9.58. The van der Waals surface area contributed by atoms with E-state index < -0.39 is 11.5 Å². The van der Waals surface area contributed by atoms with Crippen molar-refractivity contribution >= 4 is 5.97 Å². The molecule has 0 saturated heterocycles. The number of rotatable bonds is 6. The molecular formula is C16H24N2O2. The van der Waals surface area contributed by atoms with E-state index in [1.54, 1.807) is 12.1 Å². The first kappa shape index (κ1) is 15.0. The zero-order valence-electron chi connectivity index (χ0n) is 12.1. The van der Waals surface area contributed by atoms with Gasteiger partial charge in [0.1, 0.15) is 0 Å². The molecule has 2 rings (SSSR count). The molecule has 0 aliphatic heterocycles. The van der Waals surface area contributed by atoms with Gasteiger partial charge in [0, 0.05) is 12.6 Å². The van der Waals surface area contributed by atoms with E-state index in [1.807, 2.05) is 18.2 Å². The zero-order valence-corrected chi connectivity index (χ0v) is 12.1. The molecule has 1 aliphatic rings. The van der Waals surface area contributed by atoms with Gasteiger partial charge in [0.05, 0.1) is 0 Å². The molecule has 1 atom stereocenters. The monoisotopic (exact) mass is 276 g/mol. The minimum absolute atomic E-state index is 0.369. The van der Waals surface area contributed by atoms with Crippen molar-refractivity contribution < 1.29 is 9.90 Å². The standard InChI is InChI=1S/C16H24N2O2/c1-2-18(14-10-6-7-11-14)12-16(17,15(19)20)13-8-4-3-5-9-13/h3-5,8-9,14H,2,6-7,10-12,17H2,1H3,(H,19,20). The predicted molar refractivity (Wildman–Crippen MR) is 79.4 cm³/mol. The maximum atomic E-state index is 11.7. The van der Waals surface area contributed by atoms with Gasteiger partial charge in [-0.15, -0.1) is 0 Å². The second-order valence-corrected chi connectivity index (χ2v) is 5.64. The first-order valence-corrected chi connectivity index (χ1v) is 7.39. The largest absolute Gasteiger partial charge is 0.480 e. The van der Waals surface area contributed by atoms with E-state index in [1.165, 1.54) is 12.8 Å². The van der Waals surface area contributed by atoms with Crippen LogP contribution in [0.1, 0.15) is 38.2 Å². The average Bonchev–Trinajstić information content (AvgIpc) is 2.99. The van der Waals surface area contributed by atoms with Gasteiger partial charge < -0.3 is 10.8 Å².